The van der Waals surface area contributed by atoms with Crippen LogP contribution in [0.2, 0.25) is 0 Å². The predicted molar refractivity (Wildman–Crippen MR) is 88.8 cm³/mol. The van der Waals surface area contributed by atoms with Crippen LogP contribution in [-0.2, 0) is 16.0 Å². The largest absolute Gasteiger partial charge is 0.335 e. The summed E-state index contributed by atoms with van der Waals surface area (Å²) in [6, 6.07) is 13.7. The summed E-state index contributed by atoms with van der Waals surface area (Å²) in [5, 5.41) is 0. The lowest BCUT2D eigenvalue weighted by Crippen LogP contribution is -2.35. The molecule has 2 aromatic rings. The minimum Gasteiger partial charge on any atom is -0.335 e. The summed E-state index contributed by atoms with van der Waals surface area (Å²) in [6.45, 7) is 0.948. The summed E-state index contributed by atoms with van der Waals surface area (Å²) in [4.78, 5) is 30.2. The number of ketones is 1. The van der Waals surface area contributed by atoms with Gasteiger partial charge < -0.3 is 4.90 Å². The van der Waals surface area contributed by atoms with Crippen LogP contribution in [0.15, 0.2) is 48.7 Å². The molecule has 0 unspecified atom stereocenters. The van der Waals surface area contributed by atoms with E-state index in [2.05, 4.69) is 4.98 Å². The SMILES string of the molecule is O=C1CCCCN(C(=O)Cc2cccc(-c3ccccn3)c2)C1. The van der Waals surface area contributed by atoms with Crippen LogP contribution in [0.25, 0.3) is 11.3 Å². The molecule has 118 valence electrons. The van der Waals surface area contributed by atoms with Gasteiger partial charge in [-0.25, -0.2) is 0 Å². The van der Waals surface area contributed by atoms with Crippen LogP contribution in [0.5, 0.6) is 0 Å². The summed E-state index contributed by atoms with van der Waals surface area (Å²) in [6.07, 6.45) is 4.48. The lowest BCUT2D eigenvalue weighted by atomic mass is 10.0. The van der Waals surface area contributed by atoms with Crippen molar-refractivity contribution in [2.24, 2.45) is 0 Å². The van der Waals surface area contributed by atoms with Crippen molar-refractivity contribution in [3.8, 4) is 11.3 Å². The van der Waals surface area contributed by atoms with Gasteiger partial charge in [-0.05, 0) is 36.6 Å². The third kappa shape index (κ3) is 4.03. The molecule has 0 atom stereocenters. The monoisotopic (exact) mass is 308 g/mol. The maximum absolute atomic E-state index is 12.5. The molecule has 1 aromatic carbocycles. The van der Waals surface area contributed by atoms with Crippen molar-refractivity contribution >= 4 is 11.7 Å². The van der Waals surface area contributed by atoms with Crippen molar-refractivity contribution in [1.82, 2.24) is 9.88 Å². The van der Waals surface area contributed by atoms with Crippen LogP contribution < -0.4 is 0 Å². The number of amides is 1. The number of pyridine rings is 1. The number of carbonyl (C=O) groups excluding carboxylic acids is 2. The van der Waals surface area contributed by atoms with Crippen LogP contribution in [0.4, 0.5) is 0 Å². The fraction of sp³-hybridized carbons (Fsp3) is 0.316. The van der Waals surface area contributed by atoms with Crippen molar-refractivity contribution in [1.29, 1.82) is 0 Å². The van der Waals surface area contributed by atoms with Gasteiger partial charge in [-0.3, -0.25) is 14.6 Å². The van der Waals surface area contributed by atoms with E-state index in [1.807, 2.05) is 42.5 Å². The van der Waals surface area contributed by atoms with Gasteiger partial charge in [0, 0.05) is 24.7 Å². The highest BCUT2D eigenvalue weighted by Crippen LogP contribution is 2.18. The molecule has 1 amide bonds. The highest BCUT2D eigenvalue weighted by molar-refractivity contribution is 5.87. The summed E-state index contributed by atoms with van der Waals surface area (Å²) in [5.41, 5.74) is 2.85. The Kier molecular flexibility index (Phi) is 4.81. The Morgan fingerprint density at radius 2 is 2.04 bits per heavy atom. The zero-order valence-corrected chi connectivity index (χ0v) is 13.1. The molecule has 2 heterocycles. The third-order valence-corrected chi connectivity index (χ3v) is 4.10. The molecule has 4 nitrogen and oxygen atoms in total. The predicted octanol–water partition coefficient (Wildman–Crippen LogP) is 2.87. The van der Waals surface area contributed by atoms with E-state index in [1.165, 1.54) is 0 Å². The Morgan fingerprint density at radius 1 is 1.13 bits per heavy atom. The number of aromatic nitrogens is 1. The minimum atomic E-state index is 0.0263. The molecule has 1 aliphatic rings. The van der Waals surface area contributed by atoms with Gasteiger partial charge in [0.25, 0.3) is 0 Å². The highest BCUT2D eigenvalue weighted by Gasteiger charge is 2.20. The number of hydrogen-bond donors (Lipinski definition) is 0. The second-order valence-electron chi connectivity index (χ2n) is 5.90. The van der Waals surface area contributed by atoms with Gasteiger partial charge in [0.15, 0.2) is 5.78 Å². The number of carbonyl (C=O) groups is 2. The highest BCUT2D eigenvalue weighted by atomic mass is 16.2. The first-order valence-electron chi connectivity index (χ1n) is 8.02. The smallest absolute Gasteiger partial charge is 0.227 e. The topological polar surface area (TPSA) is 50.3 Å². The van der Waals surface area contributed by atoms with Gasteiger partial charge in [-0.15, -0.1) is 0 Å². The molecule has 0 radical (unpaired) electrons. The zero-order valence-electron chi connectivity index (χ0n) is 13.1. The number of nitrogens with zero attached hydrogens (tertiary/aromatic N) is 2. The summed E-state index contributed by atoms with van der Waals surface area (Å²) in [5.74, 6) is 0.191. The lowest BCUT2D eigenvalue weighted by Gasteiger charge is -2.19. The van der Waals surface area contributed by atoms with E-state index >= 15 is 0 Å². The maximum Gasteiger partial charge on any atom is 0.227 e. The van der Waals surface area contributed by atoms with Gasteiger partial charge in [-0.2, -0.15) is 0 Å². The number of likely N-dealkylation sites (tertiary alicyclic amines) is 1. The average Bonchev–Trinajstić information content (AvgIpc) is 2.80. The molecule has 0 saturated carbocycles. The van der Waals surface area contributed by atoms with Crippen molar-refractivity contribution in [2.45, 2.75) is 25.7 Å². The molecule has 3 rings (SSSR count). The lowest BCUT2D eigenvalue weighted by molar-refractivity contribution is -0.134. The normalized spacial score (nSPS) is 15.3. The molecule has 0 N–H and O–H groups in total. The van der Waals surface area contributed by atoms with Crippen LogP contribution in [0.1, 0.15) is 24.8 Å². The number of rotatable bonds is 3. The number of benzene rings is 1. The molecular weight excluding hydrogens is 288 g/mol. The van der Waals surface area contributed by atoms with E-state index in [4.69, 9.17) is 0 Å². The molecule has 1 aromatic heterocycles. The summed E-state index contributed by atoms with van der Waals surface area (Å²) in [7, 11) is 0. The standard InChI is InChI=1S/C19H20N2O2/c22-17-8-2-4-11-21(14-17)19(23)13-15-6-5-7-16(12-15)18-9-1-3-10-20-18/h1,3,5-7,9-10,12H,2,4,8,11,13-14H2. The molecule has 0 bridgehead atoms. The zero-order chi connectivity index (χ0) is 16.1. The summed E-state index contributed by atoms with van der Waals surface area (Å²) >= 11 is 0. The molecule has 4 heteroatoms. The van der Waals surface area contributed by atoms with Crippen LogP contribution >= 0.6 is 0 Å². The molecule has 0 spiro atoms. The maximum atomic E-state index is 12.5. The molecule has 1 fully saturated rings. The van der Waals surface area contributed by atoms with Gasteiger partial charge in [0.2, 0.25) is 5.91 Å². The van der Waals surface area contributed by atoms with E-state index in [1.54, 1.807) is 11.1 Å². The Hall–Kier alpha value is -2.49. The van der Waals surface area contributed by atoms with Crippen molar-refractivity contribution in [3.63, 3.8) is 0 Å². The van der Waals surface area contributed by atoms with E-state index in [0.29, 0.717) is 19.4 Å². The fourth-order valence-corrected chi connectivity index (χ4v) is 2.87. The van der Waals surface area contributed by atoms with Crippen molar-refractivity contribution < 1.29 is 9.59 Å². The molecule has 1 aliphatic heterocycles. The molecular formula is C19H20N2O2. The minimum absolute atomic E-state index is 0.0263. The molecule has 0 aliphatic carbocycles. The first kappa shape index (κ1) is 15.4. The second-order valence-corrected chi connectivity index (χ2v) is 5.90. The average molecular weight is 308 g/mol. The van der Waals surface area contributed by atoms with Gasteiger partial charge >= 0.3 is 0 Å². The number of Topliss-reactive ketones (excluding diaryl/α,β-unsaturated/α-hetero) is 1. The Morgan fingerprint density at radius 3 is 2.87 bits per heavy atom. The number of hydrogen-bond acceptors (Lipinski definition) is 3. The Balaban J connectivity index is 1.72. The van der Waals surface area contributed by atoms with Crippen molar-refractivity contribution in [3.05, 3.63) is 54.2 Å². The van der Waals surface area contributed by atoms with Gasteiger partial charge in [0.1, 0.15) is 0 Å². The fourth-order valence-electron chi connectivity index (χ4n) is 2.87. The van der Waals surface area contributed by atoms with Crippen LogP contribution in [0.3, 0.4) is 0 Å². The first-order valence-corrected chi connectivity index (χ1v) is 8.02. The Bertz CT molecular complexity index is 698. The third-order valence-electron chi connectivity index (χ3n) is 4.10. The van der Waals surface area contributed by atoms with Crippen molar-refractivity contribution in [2.75, 3.05) is 13.1 Å². The Labute approximate surface area is 136 Å². The first-order chi connectivity index (χ1) is 11.2. The van der Waals surface area contributed by atoms with E-state index in [0.717, 1.165) is 29.7 Å². The van der Waals surface area contributed by atoms with E-state index < -0.39 is 0 Å². The van der Waals surface area contributed by atoms with Gasteiger partial charge in [0.05, 0.1) is 18.7 Å². The second kappa shape index (κ2) is 7.18. The van der Waals surface area contributed by atoms with Crippen LogP contribution in [-0.4, -0.2) is 34.7 Å². The quantitative estimate of drug-likeness (QED) is 0.876. The summed E-state index contributed by atoms with van der Waals surface area (Å²) < 4.78 is 0. The van der Waals surface area contributed by atoms with Crippen LogP contribution in [0, 0.1) is 0 Å². The van der Waals surface area contributed by atoms with E-state index in [9.17, 15) is 9.59 Å². The van der Waals surface area contributed by atoms with E-state index in [-0.39, 0.29) is 18.2 Å². The van der Waals surface area contributed by atoms with Gasteiger partial charge in [-0.1, -0.05) is 24.3 Å². The molecule has 1 saturated heterocycles. The molecule has 23 heavy (non-hydrogen) atoms.